The lowest BCUT2D eigenvalue weighted by molar-refractivity contribution is 0.311. The Bertz CT molecular complexity index is 951. The number of aromatic nitrogens is 2. The first-order chi connectivity index (χ1) is 14.6. The standard InChI is InChI=1S/C23H26FN3O3/c1-28-21-10-15(11-22(29-2)23(21)30-3)12-27-13-18(16-4-6-17(24)7-5-16)19(14-27)20-8-9-25-26-20/h4-11,18-19H,12-14H2,1-3H3,(H,25,26)/t18-,19+/m0/s1. The van der Waals surface area contributed by atoms with E-state index in [2.05, 4.69) is 15.1 Å². The lowest BCUT2D eigenvalue weighted by atomic mass is 9.87. The molecule has 0 saturated carbocycles. The minimum atomic E-state index is -0.218. The molecule has 2 atom stereocenters. The average Bonchev–Trinajstić information content (AvgIpc) is 3.43. The van der Waals surface area contributed by atoms with E-state index >= 15 is 0 Å². The van der Waals surface area contributed by atoms with Crippen molar-refractivity contribution in [3.05, 3.63) is 71.3 Å². The zero-order chi connectivity index (χ0) is 21.1. The van der Waals surface area contributed by atoms with Crippen molar-refractivity contribution in [2.75, 3.05) is 34.4 Å². The minimum Gasteiger partial charge on any atom is -0.493 e. The Kier molecular flexibility index (Phi) is 5.90. The third-order valence-corrected chi connectivity index (χ3v) is 5.75. The van der Waals surface area contributed by atoms with Gasteiger partial charge < -0.3 is 14.2 Å². The molecule has 0 radical (unpaired) electrons. The molecule has 1 N–H and O–H groups in total. The van der Waals surface area contributed by atoms with Crippen LogP contribution >= 0.6 is 0 Å². The van der Waals surface area contributed by atoms with Crippen LogP contribution in [0.15, 0.2) is 48.7 Å². The van der Waals surface area contributed by atoms with Gasteiger partial charge in [0, 0.05) is 43.4 Å². The summed E-state index contributed by atoms with van der Waals surface area (Å²) in [4.78, 5) is 2.39. The smallest absolute Gasteiger partial charge is 0.203 e. The van der Waals surface area contributed by atoms with Crippen LogP contribution < -0.4 is 14.2 Å². The van der Waals surface area contributed by atoms with Crippen LogP contribution in [-0.2, 0) is 6.54 Å². The third kappa shape index (κ3) is 3.98. The van der Waals surface area contributed by atoms with Gasteiger partial charge in [-0.2, -0.15) is 5.10 Å². The highest BCUT2D eigenvalue weighted by Crippen LogP contribution is 2.41. The number of aromatic amines is 1. The molecule has 1 fully saturated rings. The van der Waals surface area contributed by atoms with Crippen LogP contribution in [0.1, 0.15) is 28.7 Å². The molecule has 30 heavy (non-hydrogen) atoms. The topological polar surface area (TPSA) is 59.6 Å². The van der Waals surface area contributed by atoms with Crippen molar-refractivity contribution in [3.8, 4) is 17.2 Å². The van der Waals surface area contributed by atoms with E-state index in [1.807, 2.05) is 30.3 Å². The predicted molar refractivity (Wildman–Crippen MR) is 112 cm³/mol. The predicted octanol–water partition coefficient (Wildman–Crippen LogP) is 3.96. The SMILES string of the molecule is COc1cc(CN2C[C@@H](c3ccc(F)cc3)[C@H](c3ccn[nH]3)C2)cc(OC)c1OC. The van der Waals surface area contributed by atoms with Crippen molar-refractivity contribution in [2.45, 2.75) is 18.4 Å². The van der Waals surface area contributed by atoms with Crippen LogP contribution in [0.4, 0.5) is 4.39 Å². The van der Waals surface area contributed by atoms with E-state index in [0.29, 0.717) is 17.2 Å². The van der Waals surface area contributed by atoms with E-state index in [0.717, 1.165) is 36.5 Å². The molecular formula is C23H26FN3O3. The maximum atomic E-state index is 13.5. The second-order valence-corrected chi connectivity index (χ2v) is 7.50. The molecule has 7 heteroatoms. The van der Waals surface area contributed by atoms with Crippen LogP contribution in [0.2, 0.25) is 0 Å². The first-order valence-corrected chi connectivity index (χ1v) is 9.89. The van der Waals surface area contributed by atoms with Crippen molar-refractivity contribution in [1.29, 1.82) is 0 Å². The maximum Gasteiger partial charge on any atom is 0.203 e. The summed E-state index contributed by atoms with van der Waals surface area (Å²) >= 11 is 0. The van der Waals surface area contributed by atoms with E-state index in [-0.39, 0.29) is 17.7 Å². The minimum absolute atomic E-state index is 0.218. The van der Waals surface area contributed by atoms with Gasteiger partial charge >= 0.3 is 0 Å². The number of hydrogen-bond donors (Lipinski definition) is 1. The Hall–Kier alpha value is -3.06. The molecule has 0 bridgehead atoms. The molecular weight excluding hydrogens is 385 g/mol. The lowest BCUT2D eigenvalue weighted by Gasteiger charge is -2.19. The maximum absolute atomic E-state index is 13.5. The Labute approximate surface area is 175 Å². The quantitative estimate of drug-likeness (QED) is 0.638. The number of likely N-dealkylation sites (tertiary alicyclic amines) is 1. The molecule has 0 aliphatic carbocycles. The molecule has 0 unspecified atom stereocenters. The van der Waals surface area contributed by atoms with Gasteiger partial charge in [-0.25, -0.2) is 4.39 Å². The first kappa shape index (κ1) is 20.2. The van der Waals surface area contributed by atoms with Gasteiger partial charge in [-0.3, -0.25) is 10.00 Å². The summed E-state index contributed by atoms with van der Waals surface area (Å²) in [5, 5.41) is 7.25. The van der Waals surface area contributed by atoms with Crippen LogP contribution in [0.5, 0.6) is 17.2 Å². The van der Waals surface area contributed by atoms with Gasteiger partial charge in [0.25, 0.3) is 0 Å². The number of nitrogens with one attached hydrogen (secondary N) is 1. The number of hydrogen-bond acceptors (Lipinski definition) is 5. The monoisotopic (exact) mass is 411 g/mol. The Morgan fingerprint density at radius 3 is 2.20 bits per heavy atom. The lowest BCUT2D eigenvalue weighted by Crippen LogP contribution is -2.20. The highest BCUT2D eigenvalue weighted by atomic mass is 19.1. The van der Waals surface area contributed by atoms with E-state index in [1.165, 1.54) is 12.1 Å². The van der Waals surface area contributed by atoms with Crippen LogP contribution in [0, 0.1) is 5.82 Å². The highest BCUT2D eigenvalue weighted by molar-refractivity contribution is 5.53. The van der Waals surface area contributed by atoms with Crippen LogP contribution in [0.25, 0.3) is 0 Å². The van der Waals surface area contributed by atoms with E-state index in [4.69, 9.17) is 14.2 Å². The van der Waals surface area contributed by atoms with E-state index < -0.39 is 0 Å². The van der Waals surface area contributed by atoms with Gasteiger partial charge in [0.05, 0.1) is 21.3 Å². The number of nitrogens with zero attached hydrogens (tertiary/aromatic N) is 2. The summed E-state index contributed by atoms with van der Waals surface area (Å²) in [6.45, 7) is 2.45. The molecule has 3 aromatic rings. The van der Waals surface area contributed by atoms with E-state index in [1.54, 1.807) is 27.5 Å². The molecule has 1 saturated heterocycles. The second kappa shape index (κ2) is 8.75. The molecule has 0 spiro atoms. The number of halogens is 1. The zero-order valence-electron chi connectivity index (χ0n) is 17.4. The van der Waals surface area contributed by atoms with Crippen LogP contribution in [0.3, 0.4) is 0 Å². The average molecular weight is 411 g/mol. The Morgan fingerprint density at radius 1 is 0.967 bits per heavy atom. The van der Waals surface area contributed by atoms with Crippen LogP contribution in [-0.4, -0.2) is 49.5 Å². The fourth-order valence-electron chi connectivity index (χ4n) is 4.34. The van der Waals surface area contributed by atoms with Gasteiger partial charge in [-0.05, 0) is 41.5 Å². The summed E-state index contributed by atoms with van der Waals surface area (Å²) in [5.74, 6) is 2.15. The summed E-state index contributed by atoms with van der Waals surface area (Å²) < 4.78 is 29.9. The molecule has 0 amide bonds. The van der Waals surface area contributed by atoms with Crippen molar-refractivity contribution in [2.24, 2.45) is 0 Å². The Morgan fingerprint density at radius 2 is 1.63 bits per heavy atom. The molecule has 1 aliphatic heterocycles. The number of H-pyrrole nitrogens is 1. The molecule has 6 nitrogen and oxygen atoms in total. The van der Waals surface area contributed by atoms with Gasteiger partial charge in [0.15, 0.2) is 11.5 Å². The molecule has 4 rings (SSSR count). The number of methoxy groups -OCH3 is 3. The molecule has 2 heterocycles. The second-order valence-electron chi connectivity index (χ2n) is 7.50. The van der Waals surface area contributed by atoms with Gasteiger partial charge in [-0.15, -0.1) is 0 Å². The summed E-state index contributed by atoms with van der Waals surface area (Å²) in [6, 6.07) is 12.8. The summed E-state index contributed by atoms with van der Waals surface area (Å²) in [6.07, 6.45) is 1.78. The highest BCUT2D eigenvalue weighted by Gasteiger charge is 2.35. The number of rotatable bonds is 7. The number of benzene rings is 2. The summed E-state index contributed by atoms with van der Waals surface area (Å²) in [7, 11) is 4.84. The van der Waals surface area contributed by atoms with Crippen molar-refractivity contribution in [1.82, 2.24) is 15.1 Å². The van der Waals surface area contributed by atoms with Crippen molar-refractivity contribution in [3.63, 3.8) is 0 Å². The molecule has 1 aromatic heterocycles. The number of ether oxygens (including phenoxy) is 3. The third-order valence-electron chi connectivity index (χ3n) is 5.75. The van der Waals surface area contributed by atoms with E-state index in [9.17, 15) is 4.39 Å². The normalized spacial score (nSPS) is 19.1. The fourth-order valence-corrected chi connectivity index (χ4v) is 4.34. The zero-order valence-corrected chi connectivity index (χ0v) is 17.4. The van der Waals surface area contributed by atoms with Gasteiger partial charge in [0.1, 0.15) is 5.82 Å². The Balaban J connectivity index is 1.60. The first-order valence-electron chi connectivity index (χ1n) is 9.89. The molecule has 1 aliphatic rings. The van der Waals surface area contributed by atoms with Crippen molar-refractivity contribution < 1.29 is 18.6 Å². The van der Waals surface area contributed by atoms with Gasteiger partial charge in [0.2, 0.25) is 5.75 Å². The van der Waals surface area contributed by atoms with Crippen molar-refractivity contribution >= 4 is 0 Å². The fraction of sp³-hybridized carbons (Fsp3) is 0.348. The molecule has 2 aromatic carbocycles. The van der Waals surface area contributed by atoms with Gasteiger partial charge in [-0.1, -0.05) is 12.1 Å². The largest absolute Gasteiger partial charge is 0.493 e. The summed E-state index contributed by atoms with van der Waals surface area (Å²) in [5.41, 5.74) is 3.30. The molecule has 158 valence electrons.